The Hall–Kier alpha value is -0.730. The summed E-state index contributed by atoms with van der Waals surface area (Å²) in [6.07, 6.45) is 8.80. The van der Waals surface area contributed by atoms with Crippen LogP contribution in [0.1, 0.15) is 51.0 Å². The van der Waals surface area contributed by atoms with Gasteiger partial charge in [-0.1, -0.05) is 50.6 Å². The first-order chi connectivity index (χ1) is 9.71. The molecule has 0 aliphatic carbocycles. The fourth-order valence-electron chi connectivity index (χ4n) is 2.51. The Bertz CT molecular complexity index is 381. The molecule has 2 nitrogen and oxygen atoms in total. The van der Waals surface area contributed by atoms with Crippen molar-refractivity contribution in [2.24, 2.45) is 0 Å². The van der Waals surface area contributed by atoms with Crippen LogP contribution < -0.4 is 10.1 Å². The van der Waals surface area contributed by atoms with Gasteiger partial charge in [0.2, 0.25) is 0 Å². The van der Waals surface area contributed by atoms with Crippen molar-refractivity contribution in [3.63, 3.8) is 0 Å². The Labute approximate surface area is 128 Å². The highest BCUT2D eigenvalue weighted by Gasteiger charge is 2.11. The highest BCUT2D eigenvalue weighted by Crippen LogP contribution is 2.24. The topological polar surface area (TPSA) is 21.3 Å². The zero-order valence-electron chi connectivity index (χ0n) is 13.0. The molecule has 0 fully saturated rings. The minimum Gasteiger partial charge on any atom is -0.496 e. The maximum absolute atomic E-state index is 6.09. The summed E-state index contributed by atoms with van der Waals surface area (Å²) in [6.45, 7) is 2.25. The molecule has 0 aliphatic heterocycles. The third kappa shape index (κ3) is 6.15. The third-order valence-corrected chi connectivity index (χ3v) is 4.01. The molecule has 1 aromatic carbocycles. The number of hydrogen-bond acceptors (Lipinski definition) is 2. The van der Waals surface area contributed by atoms with E-state index < -0.39 is 0 Å². The van der Waals surface area contributed by atoms with E-state index in [0.717, 1.165) is 17.2 Å². The van der Waals surface area contributed by atoms with Gasteiger partial charge in [-0.15, -0.1) is 0 Å². The summed E-state index contributed by atoms with van der Waals surface area (Å²) in [5.41, 5.74) is 1.19. The third-order valence-electron chi connectivity index (χ3n) is 3.77. The lowest BCUT2D eigenvalue weighted by atomic mass is 9.99. The Morgan fingerprint density at radius 2 is 1.95 bits per heavy atom. The molecule has 0 spiro atoms. The molecule has 0 radical (unpaired) electrons. The second-order valence-electron chi connectivity index (χ2n) is 5.35. The Morgan fingerprint density at radius 1 is 1.20 bits per heavy atom. The van der Waals surface area contributed by atoms with E-state index in [1.807, 2.05) is 25.2 Å². The second kappa shape index (κ2) is 10.1. The zero-order chi connectivity index (χ0) is 14.8. The van der Waals surface area contributed by atoms with Gasteiger partial charge < -0.3 is 10.1 Å². The van der Waals surface area contributed by atoms with Gasteiger partial charge in [-0.2, -0.15) is 0 Å². The van der Waals surface area contributed by atoms with Crippen molar-refractivity contribution < 1.29 is 4.74 Å². The van der Waals surface area contributed by atoms with Crippen molar-refractivity contribution >= 4 is 11.6 Å². The van der Waals surface area contributed by atoms with Crippen molar-refractivity contribution in [1.82, 2.24) is 5.32 Å². The largest absolute Gasteiger partial charge is 0.496 e. The standard InChI is InChI=1S/C17H28ClNO/c1-4-5-6-7-8-9-16(19-2)13-14-12-15(18)10-11-17(14)20-3/h10-12,16,19H,4-9,13H2,1-3H3. The minimum atomic E-state index is 0.490. The fourth-order valence-corrected chi connectivity index (χ4v) is 2.71. The van der Waals surface area contributed by atoms with E-state index in [1.54, 1.807) is 7.11 Å². The molecule has 114 valence electrons. The van der Waals surface area contributed by atoms with Gasteiger partial charge in [-0.25, -0.2) is 0 Å². The van der Waals surface area contributed by atoms with Crippen molar-refractivity contribution in [1.29, 1.82) is 0 Å². The molecule has 0 saturated carbocycles. The van der Waals surface area contributed by atoms with Gasteiger partial charge in [0.25, 0.3) is 0 Å². The highest BCUT2D eigenvalue weighted by atomic mass is 35.5. The molecule has 0 bridgehead atoms. The van der Waals surface area contributed by atoms with Crippen LogP contribution in [0, 0.1) is 0 Å². The number of nitrogens with one attached hydrogen (secondary N) is 1. The SMILES string of the molecule is CCCCCCCC(Cc1cc(Cl)ccc1OC)NC. The predicted octanol–water partition coefficient (Wildman–Crippen LogP) is 4.84. The Balaban J connectivity index is 2.48. The summed E-state index contributed by atoms with van der Waals surface area (Å²) in [7, 11) is 3.75. The number of unbranched alkanes of at least 4 members (excludes halogenated alkanes) is 4. The van der Waals surface area contributed by atoms with Crippen molar-refractivity contribution in [3.05, 3.63) is 28.8 Å². The molecule has 0 aliphatic rings. The van der Waals surface area contributed by atoms with Crippen LogP contribution in [-0.4, -0.2) is 20.2 Å². The predicted molar refractivity (Wildman–Crippen MR) is 87.9 cm³/mol. The molecular weight excluding hydrogens is 270 g/mol. The molecule has 20 heavy (non-hydrogen) atoms. The van der Waals surface area contributed by atoms with Crippen LogP contribution in [0.25, 0.3) is 0 Å². The molecule has 1 rings (SSSR count). The highest BCUT2D eigenvalue weighted by molar-refractivity contribution is 6.30. The first-order valence-corrected chi connectivity index (χ1v) is 8.08. The van der Waals surface area contributed by atoms with Crippen molar-refractivity contribution in [3.8, 4) is 5.75 Å². The summed E-state index contributed by atoms with van der Waals surface area (Å²) in [5.74, 6) is 0.931. The van der Waals surface area contributed by atoms with Crippen LogP contribution in [0.15, 0.2) is 18.2 Å². The van der Waals surface area contributed by atoms with Crippen LogP contribution in [0.3, 0.4) is 0 Å². The second-order valence-corrected chi connectivity index (χ2v) is 5.79. The smallest absolute Gasteiger partial charge is 0.122 e. The normalized spacial score (nSPS) is 12.4. The van der Waals surface area contributed by atoms with Crippen molar-refractivity contribution in [2.75, 3.05) is 14.2 Å². The van der Waals surface area contributed by atoms with E-state index in [-0.39, 0.29) is 0 Å². The first-order valence-electron chi connectivity index (χ1n) is 7.71. The van der Waals surface area contributed by atoms with Gasteiger partial charge >= 0.3 is 0 Å². The maximum Gasteiger partial charge on any atom is 0.122 e. The molecule has 1 unspecified atom stereocenters. The van der Waals surface area contributed by atoms with E-state index in [4.69, 9.17) is 16.3 Å². The van der Waals surface area contributed by atoms with E-state index in [1.165, 1.54) is 44.1 Å². The van der Waals surface area contributed by atoms with Crippen LogP contribution in [-0.2, 0) is 6.42 Å². The minimum absolute atomic E-state index is 0.490. The van der Waals surface area contributed by atoms with Crippen LogP contribution in [0.5, 0.6) is 5.75 Å². The quantitative estimate of drug-likeness (QED) is 0.624. The Kier molecular flexibility index (Phi) is 8.72. The maximum atomic E-state index is 6.09. The Morgan fingerprint density at radius 3 is 2.60 bits per heavy atom. The van der Waals surface area contributed by atoms with E-state index in [0.29, 0.717) is 6.04 Å². The summed E-state index contributed by atoms with van der Waals surface area (Å²) < 4.78 is 5.42. The molecule has 0 heterocycles. The monoisotopic (exact) mass is 297 g/mol. The number of ether oxygens (including phenoxy) is 1. The van der Waals surface area contributed by atoms with Crippen LogP contribution in [0.4, 0.5) is 0 Å². The average molecular weight is 298 g/mol. The van der Waals surface area contributed by atoms with Gasteiger partial charge in [-0.05, 0) is 43.7 Å². The summed E-state index contributed by atoms with van der Waals surface area (Å²) >= 11 is 6.09. The average Bonchev–Trinajstić information content (AvgIpc) is 2.46. The number of benzene rings is 1. The van der Waals surface area contributed by atoms with Gasteiger partial charge in [-0.3, -0.25) is 0 Å². The van der Waals surface area contributed by atoms with Gasteiger partial charge in [0.05, 0.1) is 7.11 Å². The molecule has 1 N–H and O–H groups in total. The number of hydrogen-bond donors (Lipinski definition) is 1. The van der Waals surface area contributed by atoms with Crippen LogP contribution >= 0.6 is 11.6 Å². The number of rotatable bonds is 10. The van der Waals surface area contributed by atoms with Gasteiger partial charge in [0.1, 0.15) is 5.75 Å². The van der Waals surface area contributed by atoms with E-state index in [9.17, 15) is 0 Å². The van der Waals surface area contributed by atoms with Gasteiger partial charge in [0.15, 0.2) is 0 Å². The number of halogens is 1. The van der Waals surface area contributed by atoms with E-state index >= 15 is 0 Å². The van der Waals surface area contributed by atoms with Crippen LogP contribution in [0.2, 0.25) is 5.02 Å². The molecule has 0 saturated heterocycles. The lowest BCUT2D eigenvalue weighted by molar-refractivity contribution is 0.403. The number of likely N-dealkylation sites (N-methyl/N-ethyl adjacent to an activating group) is 1. The summed E-state index contributed by atoms with van der Waals surface area (Å²) in [5, 5.41) is 4.19. The number of methoxy groups -OCH3 is 1. The lowest BCUT2D eigenvalue weighted by Crippen LogP contribution is -2.27. The molecule has 0 amide bonds. The lowest BCUT2D eigenvalue weighted by Gasteiger charge is -2.18. The van der Waals surface area contributed by atoms with Gasteiger partial charge in [0, 0.05) is 11.1 Å². The molecule has 1 aromatic rings. The summed E-state index contributed by atoms with van der Waals surface area (Å²) in [6, 6.07) is 6.33. The molecule has 3 heteroatoms. The molecular formula is C17H28ClNO. The van der Waals surface area contributed by atoms with Crippen molar-refractivity contribution in [2.45, 2.75) is 57.9 Å². The molecule has 1 atom stereocenters. The fraction of sp³-hybridized carbons (Fsp3) is 0.647. The first kappa shape index (κ1) is 17.3. The molecule has 0 aromatic heterocycles. The van der Waals surface area contributed by atoms with E-state index in [2.05, 4.69) is 12.2 Å². The zero-order valence-corrected chi connectivity index (χ0v) is 13.8. The summed E-state index contributed by atoms with van der Waals surface area (Å²) in [4.78, 5) is 0.